The van der Waals surface area contributed by atoms with Gasteiger partial charge in [0.2, 0.25) is 15.9 Å². The summed E-state index contributed by atoms with van der Waals surface area (Å²) in [5, 5.41) is 13.5. The molecule has 2 rings (SSSR count). The van der Waals surface area contributed by atoms with Crippen molar-refractivity contribution in [2.45, 2.75) is 19.8 Å². The van der Waals surface area contributed by atoms with Gasteiger partial charge in [0.1, 0.15) is 0 Å². The van der Waals surface area contributed by atoms with Crippen LogP contribution in [0.4, 0.5) is 5.69 Å². The molecule has 7 nitrogen and oxygen atoms in total. The molecule has 0 saturated carbocycles. The van der Waals surface area contributed by atoms with Gasteiger partial charge in [0.15, 0.2) is 0 Å². The second kappa shape index (κ2) is 7.10. The summed E-state index contributed by atoms with van der Waals surface area (Å²) in [5.74, 6) is -1.77. The highest BCUT2D eigenvalue weighted by Crippen LogP contribution is 2.22. The molecule has 1 heterocycles. The number of carbonyl (C=O) groups excluding carboxylic acids is 2. The third kappa shape index (κ3) is 4.29. The first kappa shape index (κ1) is 17.4. The summed E-state index contributed by atoms with van der Waals surface area (Å²) in [5.41, 5.74) is 0.381. The number of carboxylic acids is 1. The summed E-state index contributed by atoms with van der Waals surface area (Å²) in [6, 6.07) is 5.85. The molecule has 1 N–H and O–H groups in total. The third-order valence-corrected chi connectivity index (χ3v) is 5.83. The molecule has 23 heavy (non-hydrogen) atoms. The number of aromatic carboxylic acids is 1. The standard InChI is InChI=1S/C15H20N2O5S/c1-2-23(21,22)17-8-6-11(7-9-17)14(18)16-13-5-3-4-12(10-13)15(19)20/h3-5,10-11H,2,6-9H2,1H3,(H,16,18)(H,19,20)/p-1. The molecule has 0 bridgehead atoms. The van der Waals surface area contributed by atoms with E-state index in [0.717, 1.165) is 0 Å². The van der Waals surface area contributed by atoms with Crippen molar-refractivity contribution in [1.29, 1.82) is 0 Å². The average Bonchev–Trinajstić information content (AvgIpc) is 2.55. The number of hydrogen-bond acceptors (Lipinski definition) is 5. The second-order valence-electron chi connectivity index (χ2n) is 5.43. The van der Waals surface area contributed by atoms with Gasteiger partial charge in [0.05, 0.1) is 11.7 Å². The van der Waals surface area contributed by atoms with Crippen LogP contribution in [0.1, 0.15) is 30.1 Å². The maximum Gasteiger partial charge on any atom is 0.227 e. The highest BCUT2D eigenvalue weighted by atomic mass is 32.2. The predicted octanol–water partition coefficient (Wildman–Crippen LogP) is 0.0503. The van der Waals surface area contributed by atoms with Crippen molar-refractivity contribution in [3.8, 4) is 0 Å². The minimum absolute atomic E-state index is 0.00772. The number of carboxylic acid groups (broad SMARTS) is 1. The van der Waals surface area contributed by atoms with Gasteiger partial charge in [0, 0.05) is 24.7 Å². The number of sulfonamides is 1. The molecule has 1 aliphatic rings. The Balaban J connectivity index is 1.96. The Morgan fingerprint density at radius 2 is 1.96 bits per heavy atom. The Morgan fingerprint density at radius 1 is 1.30 bits per heavy atom. The molecule has 0 spiro atoms. The number of benzene rings is 1. The lowest BCUT2D eigenvalue weighted by atomic mass is 9.97. The van der Waals surface area contributed by atoms with E-state index in [4.69, 9.17) is 0 Å². The van der Waals surface area contributed by atoms with Crippen molar-refractivity contribution in [1.82, 2.24) is 4.31 Å². The van der Waals surface area contributed by atoms with Crippen LogP contribution >= 0.6 is 0 Å². The van der Waals surface area contributed by atoms with E-state index < -0.39 is 16.0 Å². The maximum atomic E-state index is 12.2. The topological polar surface area (TPSA) is 107 Å². The van der Waals surface area contributed by atoms with Crippen molar-refractivity contribution < 1.29 is 23.1 Å². The molecular weight excluding hydrogens is 320 g/mol. The minimum atomic E-state index is -3.21. The van der Waals surface area contributed by atoms with Crippen molar-refractivity contribution in [3.05, 3.63) is 29.8 Å². The number of nitrogens with one attached hydrogen (secondary N) is 1. The second-order valence-corrected chi connectivity index (χ2v) is 7.69. The van der Waals surface area contributed by atoms with E-state index in [1.807, 2.05) is 0 Å². The first-order valence-corrected chi connectivity index (χ1v) is 9.04. The van der Waals surface area contributed by atoms with Crippen LogP contribution in [-0.4, -0.2) is 43.4 Å². The molecule has 8 heteroatoms. The smallest absolute Gasteiger partial charge is 0.227 e. The molecule has 1 saturated heterocycles. The normalized spacial score (nSPS) is 16.9. The Morgan fingerprint density at radius 3 is 2.52 bits per heavy atom. The molecule has 1 amide bonds. The summed E-state index contributed by atoms with van der Waals surface area (Å²) < 4.78 is 25.0. The van der Waals surface area contributed by atoms with Crippen LogP contribution in [-0.2, 0) is 14.8 Å². The first-order chi connectivity index (χ1) is 10.8. The fourth-order valence-electron chi connectivity index (χ4n) is 2.55. The van der Waals surface area contributed by atoms with E-state index in [1.54, 1.807) is 13.0 Å². The van der Waals surface area contributed by atoms with Crippen LogP contribution in [0, 0.1) is 5.92 Å². The van der Waals surface area contributed by atoms with E-state index in [1.165, 1.54) is 22.5 Å². The summed E-state index contributed by atoms with van der Waals surface area (Å²) in [6.45, 7) is 2.25. The number of nitrogens with zero attached hydrogens (tertiary/aromatic N) is 1. The van der Waals surface area contributed by atoms with Crippen molar-refractivity contribution >= 4 is 27.6 Å². The van der Waals surface area contributed by atoms with Gasteiger partial charge in [-0.1, -0.05) is 12.1 Å². The van der Waals surface area contributed by atoms with Gasteiger partial charge in [-0.3, -0.25) is 4.79 Å². The van der Waals surface area contributed by atoms with Crippen LogP contribution in [0.25, 0.3) is 0 Å². The Bertz CT molecular complexity index is 694. The molecule has 0 aliphatic carbocycles. The Hall–Kier alpha value is -1.93. The Labute approximate surface area is 135 Å². The van der Waals surface area contributed by atoms with Gasteiger partial charge < -0.3 is 15.2 Å². The quantitative estimate of drug-likeness (QED) is 0.816. The molecule has 0 aromatic heterocycles. The van der Waals surface area contributed by atoms with E-state index in [-0.39, 0.29) is 23.1 Å². The minimum Gasteiger partial charge on any atom is -0.545 e. The van der Waals surface area contributed by atoms with Crippen molar-refractivity contribution in [2.75, 3.05) is 24.2 Å². The highest BCUT2D eigenvalue weighted by Gasteiger charge is 2.30. The van der Waals surface area contributed by atoms with E-state index >= 15 is 0 Å². The number of carbonyl (C=O) groups is 2. The molecule has 1 aromatic carbocycles. The van der Waals surface area contributed by atoms with Crippen LogP contribution in [0.15, 0.2) is 24.3 Å². The predicted molar refractivity (Wildman–Crippen MR) is 83.2 cm³/mol. The fourth-order valence-corrected chi connectivity index (χ4v) is 3.68. The lowest BCUT2D eigenvalue weighted by Gasteiger charge is -2.30. The van der Waals surface area contributed by atoms with Crippen LogP contribution in [0.3, 0.4) is 0 Å². The highest BCUT2D eigenvalue weighted by molar-refractivity contribution is 7.89. The average molecular weight is 339 g/mol. The SMILES string of the molecule is CCS(=O)(=O)N1CCC(C(=O)Nc2cccc(C(=O)[O-])c2)CC1. The van der Waals surface area contributed by atoms with Crippen LogP contribution in [0.2, 0.25) is 0 Å². The molecule has 1 aromatic rings. The van der Waals surface area contributed by atoms with E-state index in [0.29, 0.717) is 31.6 Å². The van der Waals surface area contributed by atoms with Gasteiger partial charge >= 0.3 is 0 Å². The molecule has 0 radical (unpaired) electrons. The zero-order chi connectivity index (χ0) is 17.0. The van der Waals surface area contributed by atoms with E-state index in [2.05, 4.69) is 5.32 Å². The number of piperidine rings is 1. The number of rotatable bonds is 5. The van der Waals surface area contributed by atoms with Crippen LogP contribution in [0.5, 0.6) is 0 Å². The fraction of sp³-hybridized carbons (Fsp3) is 0.467. The number of hydrogen-bond donors (Lipinski definition) is 1. The number of amides is 1. The summed E-state index contributed by atoms with van der Waals surface area (Å²) in [6.07, 6.45) is 0.899. The largest absolute Gasteiger partial charge is 0.545 e. The zero-order valence-electron chi connectivity index (χ0n) is 12.8. The summed E-state index contributed by atoms with van der Waals surface area (Å²) in [7, 11) is -3.21. The monoisotopic (exact) mass is 339 g/mol. The van der Waals surface area contributed by atoms with Crippen molar-refractivity contribution in [2.24, 2.45) is 5.92 Å². The van der Waals surface area contributed by atoms with Crippen molar-refractivity contribution in [3.63, 3.8) is 0 Å². The molecule has 0 atom stereocenters. The van der Waals surface area contributed by atoms with E-state index in [9.17, 15) is 23.1 Å². The molecule has 1 aliphatic heterocycles. The van der Waals surface area contributed by atoms with Crippen LogP contribution < -0.4 is 10.4 Å². The molecule has 0 unspecified atom stereocenters. The van der Waals surface area contributed by atoms with Gasteiger partial charge in [-0.05, 0) is 37.5 Å². The van der Waals surface area contributed by atoms with Gasteiger partial charge in [0.25, 0.3) is 0 Å². The number of anilines is 1. The Kier molecular flexibility index (Phi) is 5.38. The lowest BCUT2D eigenvalue weighted by Crippen LogP contribution is -2.42. The van der Waals surface area contributed by atoms with Gasteiger partial charge in [-0.2, -0.15) is 0 Å². The third-order valence-electron chi connectivity index (χ3n) is 3.95. The lowest BCUT2D eigenvalue weighted by molar-refractivity contribution is -0.255. The molecular formula is C15H19N2O5S-. The molecule has 126 valence electrons. The molecule has 1 fully saturated rings. The zero-order valence-corrected chi connectivity index (χ0v) is 13.6. The summed E-state index contributed by atoms with van der Waals surface area (Å²) in [4.78, 5) is 23.0. The maximum absolute atomic E-state index is 12.2. The summed E-state index contributed by atoms with van der Waals surface area (Å²) >= 11 is 0. The van der Waals surface area contributed by atoms with Gasteiger partial charge in [-0.15, -0.1) is 0 Å². The first-order valence-electron chi connectivity index (χ1n) is 7.43. The van der Waals surface area contributed by atoms with Gasteiger partial charge in [-0.25, -0.2) is 12.7 Å².